The zero-order valence-corrected chi connectivity index (χ0v) is 40.3. The molecule has 3 unspecified atom stereocenters. The number of carbonyl (C=O) groups is 10. The molecular formula is C44H61N13O12S2. The molecule has 0 aromatic heterocycles. The summed E-state index contributed by atoms with van der Waals surface area (Å²) < 4.78 is 0. The van der Waals surface area contributed by atoms with Crippen molar-refractivity contribution in [3.05, 3.63) is 65.7 Å². The van der Waals surface area contributed by atoms with Gasteiger partial charge in [0.1, 0.15) is 48.0 Å². The number of phenolic OH excluding ortho intramolecular Hbond substituents is 1. The highest BCUT2D eigenvalue weighted by Crippen LogP contribution is 2.26. The van der Waals surface area contributed by atoms with Crippen LogP contribution >= 0.6 is 21.6 Å². The number of hydrogen-bond donors (Lipinski definition) is 13. The Balaban J connectivity index is 1.64. The molecule has 386 valence electrons. The molecule has 2 fully saturated rings. The lowest BCUT2D eigenvalue weighted by Crippen LogP contribution is -2.61. The van der Waals surface area contributed by atoms with Crippen molar-refractivity contribution in [2.45, 2.75) is 93.7 Å². The second kappa shape index (κ2) is 28.5. The number of aromatic hydroxyl groups is 1. The number of hydrogen-bond acceptors (Lipinski definition) is 15. The molecule has 7 atom stereocenters. The minimum Gasteiger partial charge on any atom is -0.508 e. The molecule has 10 amide bonds. The van der Waals surface area contributed by atoms with Crippen molar-refractivity contribution in [2.75, 3.05) is 37.7 Å². The van der Waals surface area contributed by atoms with Crippen molar-refractivity contribution < 1.29 is 58.2 Å². The van der Waals surface area contributed by atoms with Gasteiger partial charge >= 0.3 is 0 Å². The zero-order chi connectivity index (χ0) is 52.0. The second-order valence-corrected chi connectivity index (χ2v) is 19.1. The van der Waals surface area contributed by atoms with Gasteiger partial charge in [-0.3, -0.25) is 52.9 Å². The molecule has 2 aliphatic heterocycles. The number of nitrogens with zero attached hydrogens (tertiary/aromatic N) is 2. The van der Waals surface area contributed by atoms with Gasteiger partial charge in [0, 0.05) is 43.9 Å². The number of nitrogens with one attached hydrogen (secondary N) is 7. The van der Waals surface area contributed by atoms with Crippen LogP contribution in [0.15, 0.2) is 59.6 Å². The van der Waals surface area contributed by atoms with E-state index in [1.165, 1.54) is 17.0 Å². The van der Waals surface area contributed by atoms with E-state index in [9.17, 15) is 58.2 Å². The summed E-state index contributed by atoms with van der Waals surface area (Å²) in [4.78, 5) is 139. The molecule has 71 heavy (non-hydrogen) atoms. The number of primary amides is 2. The van der Waals surface area contributed by atoms with Crippen LogP contribution in [0, 0.1) is 0 Å². The van der Waals surface area contributed by atoms with Crippen molar-refractivity contribution in [1.29, 1.82) is 0 Å². The lowest BCUT2D eigenvalue weighted by atomic mass is 10.0. The Labute approximate surface area is 416 Å². The maximum Gasteiger partial charge on any atom is 0.246 e. The molecular weight excluding hydrogens is 967 g/mol. The first kappa shape index (κ1) is 56.5. The van der Waals surface area contributed by atoms with Gasteiger partial charge in [-0.1, -0.05) is 64.1 Å². The number of likely N-dealkylation sites (tertiary alicyclic amines) is 1. The van der Waals surface area contributed by atoms with Crippen molar-refractivity contribution in [3.63, 3.8) is 0 Å². The van der Waals surface area contributed by atoms with Gasteiger partial charge in [-0.15, -0.1) is 0 Å². The number of aliphatic hydroxyl groups is 1. The summed E-state index contributed by atoms with van der Waals surface area (Å²) in [6, 6.07) is 4.46. The molecule has 2 saturated heterocycles. The smallest absolute Gasteiger partial charge is 0.246 e. The third-order valence-corrected chi connectivity index (χ3v) is 13.4. The van der Waals surface area contributed by atoms with Gasteiger partial charge in [-0.2, -0.15) is 0 Å². The van der Waals surface area contributed by atoms with Crippen LogP contribution in [0.5, 0.6) is 5.75 Å². The highest BCUT2D eigenvalue weighted by molar-refractivity contribution is 8.76. The molecule has 0 saturated carbocycles. The summed E-state index contributed by atoms with van der Waals surface area (Å²) in [5.74, 6) is -8.90. The monoisotopic (exact) mass is 1030 g/mol. The third kappa shape index (κ3) is 19.0. The maximum atomic E-state index is 14.5. The van der Waals surface area contributed by atoms with E-state index >= 15 is 0 Å². The first-order valence-corrected chi connectivity index (χ1v) is 25.0. The molecule has 2 aromatic rings. The van der Waals surface area contributed by atoms with Crippen LogP contribution in [0.3, 0.4) is 0 Å². The number of nitrogens with two attached hydrogens (primary N) is 4. The SMILES string of the molecule is NC(=O)CNC(=O)[C@@H](CCCN=C(N)N)NC(=O)[C@@H]1CCCN1C(=O)C1CSSCCC(=O)NC(Cc2ccc(O)cc2)C(=O)N[C@@H](Cc2ccccc2)C(=O)N[C@@H](CO)C(=O)NC(CC(N)=O)C(=O)N1. The van der Waals surface area contributed by atoms with Gasteiger partial charge in [-0.25, -0.2) is 0 Å². The number of benzene rings is 2. The van der Waals surface area contributed by atoms with Crippen molar-refractivity contribution in [1.82, 2.24) is 42.1 Å². The van der Waals surface area contributed by atoms with Gasteiger partial charge in [0.15, 0.2) is 5.96 Å². The Hall–Kier alpha value is -7.13. The van der Waals surface area contributed by atoms with Crippen LogP contribution in [0.25, 0.3) is 0 Å². The summed E-state index contributed by atoms with van der Waals surface area (Å²) in [5, 5.41) is 37.8. The normalized spacial score (nSPS) is 22.2. The number of amides is 10. The zero-order valence-electron chi connectivity index (χ0n) is 38.6. The van der Waals surface area contributed by atoms with Crippen LogP contribution in [0.4, 0.5) is 0 Å². The number of phenols is 1. The van der Waals surface area contributed by atoms with E-state index in [1.807, 2.05) is 0 Å². The highest BCUT2D eigenvalue weighted by Gasteiger charge is 2.40. The minimum absolute atomic E-state index is 0.0205. The van der Waals surface area contributed by atoms with Crippen LogP contribution in [-0.2, 0) is 60.8 Å². The Kier molecular flexibility index (Phi) is 22.7. The minimum atomic E-state index is -1.76. The summed E-state index contributed by atoms with van der Waals surface area (Å²) in [7, 11) is 2.20. The number of aliphatic hydroxyl groups excluding tert-OH is 1. The predicted octanol–water partition coefficient (Wildman–Crippen LogP) is -4.61. The van der Waals surface area contributed by atoms with E-state index in [1.54, 1.807) is 42.5 Å². The Bertz CT molecular complexity index is 2260. The number of carbonyl (C=O) groups excluding carboxylic acids is 10. The molecule has 17 N–H and O–H groups in total. The van der Waals surface area contributed by atoms with Crippen LogP contribution < -0.4 is 60.2 Å². The van der Waals surface area contributed by atoms with E-state index in [0.29, 0.717) is 17.5 Å². The first-order chi connectivity index (χ1) is 33.8. The highest BCUT2D eigenvalue weighted by atomic mass is 33.1. The lowest BCUT2D eigenvalue weighted by Gasteiger charge is -2.30. The maximum absolute atomic E-state index is 14.5. The van der Waals surface area contributed by atoms with E-state index < -0.39 is 121 Å². The molecule has 2 heterocycles. The third-order valence-electron chi connectivity index (χ3n) is 11.0. The lowest BCUT2D eigenvalue weighted by molar-refractivity contribution is -0.142. The molecule has 4 rings (SSSR count). The van der Waals surface area contributed by atoms with Crippen molar-refractivity contribution in [3.8, 4) is 5.75 Å². The molecule has 27 heteroatoms. The Morgan fingerprint density at radius 2 is 1.37 bits per heavy atom. The molecule has 0 spiro atoms. The van der Waals surface area contributed by atoms with E-state index in [4.69, 9.17) is 22.9 Å². The summed E-state index contributed by atoms with van der Waals surface area (Å²) in [5.41, 5.74) is 22.6. The standard InChI is InChI=1S/C44H61N13O12S2/c45-34(60)20-30-40(66)56-32(43(69)57-16-5-9-33(57)42(68)52-27(8-4-15-49-44(47)48)37(63)50-21-35(46)61)23-71-70-17-14-36(62)51-28(19-25-10-12-26(59)13-11-25)38(64)53-29(18-24-6-2-1-3-7-24)39(65)55-31(22-58)41(67)54-30/h1-3,6-7,10-13,27-33,58-59H,4-5,8-9,14-23H2,(H2,45,60)(H2,46,61)(H,50,63)(H,51,62)(H,52,68)(H,53,64)(H,54,67)(H,55,65)(H,56,66)(H4,47,48,49)/t27-,28?,29+,30?,31+,32?,33+/m1/s1. The second-order valence-electron chi connectivity index (χ2n) is 16.5. The molecule has 0 radical (unpaired) electrons. The van der Waals surface area contributed by atoms with Crippen LogP contribution in [0.1, 0.15) is 49.7 Å². The topological polar surface area (TPSA) is 415 Å². The number of aliphatic imine (C=N–C) groups is 1. The average molecular weight is 1030 g/mol. The summed E-state index contributed by atoms with van der Waals surface area (Å²) >= 11 is 0. The largest absolute Gasteiger partial charge is 0.508 e. The fourth-order valence-electron chi connectivity index (χ4n) is 7.42. The fourth-order valence-corrected chi connectivity index (χ4v) is 9.57. The van der Waals surface area contributed by atoms with Gasteiger partial charge < -0.3 is 75.3 Å². The quantitative estimate of drug-likeness (QED) is 0.0307. The van der Waals surface area contributed by atoms with Gasteiger partial charge in [0.25, 0.3) is 0 Å². The van der Waals surface area contributed by atoms with E-state index in [-0.39, 0.29) is 74.8 Å². The molecule has 0 aliphatic carbocycles. The average Bonchev–Trinajstić information content (AvgIpc) is 3.83. The Morgan fingerprint density at radius 1 is 0.761 bits per heavy atom. The molecule has 0 bridgehead atoms. The number of guanidine groups is 1. The van der Waals surface area contributed by atoms with E-state index in [0.717, 1.165) is 21.6 Å². The van der Waals surface area contributed by atoms with E-state index in [2.05, 4.69) is 42.2 Å². The van der Waals surface area contributed by atoms with Gasteiger partial charge in [0.05, 0.1) is 19.6 Å². The number of rotatable bonds is 17. The molecule has 2 aliphatic rings. The molecule has 25 nitrogen and oxygen atoms in total. The van der Waals surface area contributed by atoms with Crippen LogP contribution in [0.2, 0.25) is 0 Å². The predicted molar refractivity (Wildman–Crippen MR) is 261 cm³/mol. The van der Waals surface area contributed by atoms with Crippen molar-refractivity contribution >= 4 is 86.6 Å². The fraction of sp³-hybridized carbons (Fsp3) is 0.477. The Morgan fingerprint density at radius 3 is 2.00 bits per heavy atom. The van der Waals surface area contributed by atoms with Crippen LogP contribution in [-0.4, -0.2) is 160 Å². The van der Waals surface area contributed by atoms with Gasteiger partial charge in [-0.05, 0) is 48.9 Å². The van der Waals surface area contributed by atoms with Gasteiger partial charge in [0.2, 0.25) is 59.1 Å². The summed E-state index contributed by atoms with van der Waals surface area (Å²) in [6.07, 6.45) is -0.396. The van der Waals surface area contributed by atoms with Crippen molar-refractivity contribution in [2.24, 2.45) is 27.9 Å². The summed E-state index contributed by atoms with van der Waals surface area (Å²) in [6.45, 7) is -1.40. The first-order valence-electron chi connectivity index (χ1n) is 22.5. The molecule has 2 aromatic carbocycles.